The molecule has 5 rings (SSSR count). The first kappa shape index (κ1) is 24.8. The minimum absolute atomic E-state index is 0.0271. The molecule has 3 aromatic rings. The number of rotatable bonds is 7. The van der Waals surface area contributed by atoms with Crippen molar-refractivity contribution in [1.82, 2.24) is 4.90 Å². The maximum atomic E-state index is 13.3. The van der Waals surface area contributed by atoms with Gasteiger partial charge >= 0.3 is 0 Å². The second kappa shape index (κ2) is 11.0. The summed E-state index contributed by atoms with van der Waals surface area (Å²) in [4.78, 5) is 32.6. The highest BCUT2D eigenvalue weighted by Crippen LogP contribution is 2.48. The lowest BCUT2D eigenvalue weighted by Gasteiger charge is -2.31. The topological polar surface area (TPSA) is 40.6 Å². The lowest BCUT2D eigenvalue weighted by molar-refractivity contribution is -0.122. The molecule has 182 valence electrons. The van der Waals surface area contributed by atoms with Crippen LogP contribution in [0.25, 0.3) is 6.08 Å². The van der Waals surface area contributed by atoms with Crippen LogP contribution in [0.5, 0.6) is 0 Å². The molecule has 1 saturated heterocycles. The van der Waals surface area contributed by atoms with Gasteiger partial charge in [0.25, 0.3) is 5.91 Å². The van der Waals surface area contributed by atoms with Crippen LogP contribution in [0, 0.1) is 6.92 Å². The van der Waals surface area contributed by atoms with Crippen molar-refractivity contribution in [3.05, 3.63) is 88.8 Å². The Balaban J connectivity index is 1.15. The van der Waals surface area contributed by atoms with Gasteiger partial charge in [0, 0.05) is 22.8 Å². The summed E-state index contributed by atoms with van der Waals surface area (Å²) in [6.45, 7) is 2.62. The number of hydrogen-bond acceptors (Lipinski definition) is 5. The minimum atomic E-state index is -0.0271. The maximum Gasteiger partial charge on any atom is 0.266 e. The van der Waals surface area contributed by atoms with E-state index < -0.39 is 0 Å². The van der Waals surface area contributed by atoms with Crippen molar-refractivity contribution >= 4 is 69.3 Å². The Labute approximate surface area is 225 Å². The van der Waals surface area contributed by atoms with Crippen molar-refractivity contribution < 1.29 is 9.59 Å². The lowest BCUT2D eigenvalue weighted by atomic mass is 10.1. The largest absolute Gasteiger partial charge is 0.293 e. The van der Waals surface area contributed by atoms with Gasteiger partial charge in [-0.25, -0.2) is 0 Å². The van der Waals surface area contributed by atoms with Crippen molar-refractivity contribution in [1.29, 1.82) is 0 Å². The van der Waals surface area contributed by atoms with Gasteiger partial charge in [0.15, 0.2) is 0 Å². The summed E-state index contributed by atoms with van der Waals surface area (Å²) in [5, 5.41) is 0. The van der Waals surface area contributed by atoms with Crippen molar-refractivity contribution in [2.75, 3.05) is 11.4 Å². The van der Waals surface area contributed by atoms with Gasteiger partial charge in [-0.15, -0.1) is 0 Å². The third kappa shape index (κ3) is 5.28. The highest BCUT2D eigenvalue weighted by atomic mass is 32.2. The highest BCUT2D eigenvalue weighted by Gasteiger charge is 2.31. The van der Waals surface area contributed by atoms with E-state index in [4.69, 9.17) is 12.2 Å². The Bertz CT molecular complexity index is 1310. The number of nitrogens with zero attached hydrogens (tertiary/aromatic N) is 2. The summed E-state index contributed by atoms with van der Waals surface area (Å²) in [7, 11) is 0. The fourth-order valence-electron chi connectivity index (χ4n) is 4.31. The Morgan fingerprint density at radius 2 is 1.50 bits per heavy atom. The van der Waals surface area contributed by atoms with Crippen LogP contribution in [0.1, 0.15) is 36.8 Å². The molecular weight excluding hydrogens is 505 g/mol. The Hall–Kier alpha value is -2.87. The summed E-state index contributed by atoms with van der Waals surface area (Å²) in [5.41, 5.74) is 4.08. The number of fused-ring (bicyclic) bond motifs is 2. The van der Waals surface area contributed by atoms with E-state index in [9.17, 15) is 9.59 Å². The Morgan fingerprint density at radius 3 is 2.17 bits per heavy atom. The molecule has 0 bridgehead atoms. The molecule has 0 aromatic heterocycles. The number of thioether (sulfide) groups is 1. The van der Waals surface area contributed by atoms with Gasteiger partial charge < -0.3 is 0 Å². The maximum absolute atomic E-state index is 13.3. The van der Waals surface area contributed by atoms with Crippen LogP contribution < -0.4 is 4.90 Å². The zero-order chi connectivity index (χ0) is 25.1. The monoisotopic (exact) mass is 530 g/mol. The molecule has 0 atom stereocenters. The molecule has 2 amide bonds. The molecule has 3 aromatic carbocycles. The molecular formula is C29H26N2O2S3. The molecule has 7 heteroatoms. The van der Waals surface area contributed by atoms with E-state index in [-0.39, 0.29) is 11.8 Å². The fourth-order valence-corrected chi connectivity index (χ4v) is 6.68. The first-order valence-corrected chi connectivity index (χ1v) is 14.1. The molecule has 36 heavy (non-hydrogen) atoms. The SMILES string of the molecule is Cc1ccc(/C=C2\SC(=S)N(CCCCCC(=O)N3c4ccccc4Sc4ccccc43)C2=O)cc1. The number of amides is 2. The summed E-state index contributed by atoms with van der Waals surface area (Å²) >= 11 is 8.54. The van der Waals surface area contributed by atoms with Crippen LogP contribution in [0.2, 0.25) is 0 Å². The smallest absolute Gasteiger partial charge is 0.266 e. The number of benzene rings is 3. The molecule has 2 heterocycles. The van der Waals surface area contributed by atoms with E-state index in [1.807, 2.05) is 78.6 Å². The van der Waals surface area contributed by atoms with E-state index in [1.165, 1.54) is 17.3 Å². The van der Waals surface area contributed by atoms with Crippen LogP contribution in [0.3, 0.4) is 0 Å². The number of anilines is 2. The van der Waals surface area contributed by atoms with Gasteiger partial charge in [-0.2, -0.15) is 0 Å². The average molecular weight is 531 g/mol. The van der Waals surface area contributed by atoms with Gasteiger partial charge in [0.1, 0.15) is 4.32 Å². The van der Waals surface area contributed by atoms with E-state index in [2.05, 4.69) is 12.1 Å². The van der Waals surface area contributed by atoms with Crippen LogP contribution in [0.4, 0.5) is 11.4 Å². The van der Waals surface area contributed by atoms with Crippen molar-refractivity contribution in [3.63, 3.8) is 0 Å². The third-order valence-electron chi connectivity index (χ3n) is 6.20. The van der Waals surface area contributed by atoms with Gasteiger partial charge in [-0.1, -0.05) is 96.3 Å². The van der Waals surface area contributed by atoms with Crippen molar-refractivity contribution in [2.45, 2.75) is 42.4 Å². The molecule has 2 aliphatic rings. The predicted molar refractivity (Wildman–Crippen MR) is 154 cm³/mol. The van der Waals surface area contributed by atoms with Crippen LogP contribution >= 0.6 is 35.7 Å². The number of carbonyl (C=O) groups excluding carboxylic acids is 2. The van der Waals surface area contributed by atoms with Crippen LogP contribution in [-0.2, 0) is 9.59 Å². The highest BCUT2D eigenvalue weighted by molar-refractivity contribution is 8.26. The molecule has 0 spiro atoms. The second-order valence-electron chi connectivity index (χ2n) is 8.82. The van der Waals surface area contributed by atoms with Gasteiger partial charge in [-0.3, -0.25) is 19.4 Å². The quantitative estimate of drug-likeness (QED) is 0.179. The van der Waals surface area contributed by atoms with E-state index in [0.29, 0.717) is 22.2 Å². The first-order chi connectivity index (χ1) is 17.5. The van der Waals surface area contributed by atoms with Crippen LogP contribution in [0.15, 0.2) is 87.5 Å². The lowest BCUT2D eigenvalue weighted by Crippen LogP contribution is -2.29. The number of carbonyl (C=O) groups is 2. The summed E-state index contributed by atoms with van der Waals surface area (Å²) < 4.78 is 0.605. The third-order valence-corrected chi connectivity index (χ3v) is 8.71. The number of unbranched alkanes of at least 4 members (excludes halogenated alkanes) is 2. The Kier molecular flexibility index (Phi) is 7.60. The molecule has 2 aliphatic heterocycles. The van der Waals surface area contributed by atoms with Gasteiger partial charge in [0.05, 0.1) is 16.3 Å². The molecule has 0 saturated carbocycles. The molecule has 0 N–H and O–H groups in total. The van der Waals surface area contributed by atoms with Crippen molar-refractivity contribution in [3.8, 4) is 0 Å². The molecule has 1 fully saturated rings. The standard InChI is InChI=1S/C29H26N2O2S3/c1-20-14-16-21(17-15-20)19-26-28(33)30(29(34)36-26)18-8-2-3-13-27(32)31-22-9-4-6-11-24(22)35-25-12-7-5-10-23(25)31/h4-7,9-12,14-17,19H,2-3,8,13,18H2,1H3/b26-19-. The zero-order valence-corrected chi connectivity index (χ0v) is 22.4. The van der Waals surface area contributed by atoms with Gasteiger partial charge in [-0.05, 0) is 55.7 Å². The normalized spacial score (nSPS) is 15.9. The predicted octanol–water partition coefficient (Wildman–Crippen LogP) is 7.59. The Morgan fingerprint density at radius 1 is 0.861 bits per heavy atom. The van der Waals surface area contributed by atoms with E-state index >= 15 is 0 Å². The molecule has 0 aliphatic carbocycles. The molecule has 4 nitrogen and oxygen atoms in total. The number of aryl methyl sites for hydroxylation is 1. The number of para-hydroxylation sites is 2. The van der Waals surface area contributed by atoms with E-state index in [0.717, 1.165) is 46.0 Å². The molecule has 0 unspecified atom stereocenters. The summed E-state index contributed by atoms with van der Waals surface area (Å²) in [6, 6.07) is 24.2. The average Bonchev–Trinajstić information content (AvgIpc) is 3.15. The fraction of sp³-hybridized carbons (Fsp3) is 0.207. The number of thiocarbonyl (C=S) groups is 1. The molecule has 0 radical (unpaired) electrons. The van der Waals surface area contributed by atoms with Gasteiger partial charge in [0.2, 0.25) is 5.91 Å². The van der Waals surface area contributed by atoms with Crippen molar-refractivity contribution in [2.24, 2.45) is 0 Å². The van der Waals surface area contributed by atoms with Crippen LogP contribution in [-0.4, -0.2) is 27.6 Å². The summed E-state index contributed by atoms with van der Waals surface area (Å²) in [5.74, 6) is 0.0718. The zero-order valence-electron chi connectivity index (χ0n) is 20.0. The summed E-state index contributed by atoms with van der Waals surface area (Å²) in [6.07, 6.45) is 4.79. The van der Waals surface area contributed by atoms with E-state index in [1.54, 1.807) is 16.7 Å². The number of hydrogen-bond donors (Lipinski definition) is 0. The first-order valence-electron chi connectivity index (χ1n) is 12.0. The second-order valence-corrected chi connectivity index (χ2v) is 11.6. The minimum Gasteiger partial charge on any atom is -0.293 e.